The van der Waals surface area contributed by atoms with Gasteiger partial charge in [0.1, 0.15) is 6.29 Å². The molecular weight excluding hydrogens is 184 g/mol. The van der Waals surface area contributed by atoms with E-state index in [9.17, 15) is 4.79 Å². The molecule has 1 nitrogen and oxygen atoms in total. The van der Waals surface area contributed by atoms with Crippen LogP contribution >= 0.6 is 0 Å². The van der Waals surface area contributed by atoms with Crippen molar-refractivity contribution in [3.05, 3.63) is 23.8 Å². The second-order valence-corrected chi connectivity index (χ2v) is 4.01. The van der Waals surface area contributed by atoms with Gasteiger partial charge in [-0.1, -0.05) is 57.3 Å². The van der Waals surface area contributed by atoms with Crippen LogP contribution < -0.4 is 0 Å². The van der Waals surface area contributed by atoms with Crippen molar-refractivity contribution in [1.29, 1.82) is 0 Å². The molecule has 1 heteroatoms. The molecule has 0 saturated heterocycles. The van der Waals surface area contributed by atoms with Crippen LogP contribution in [0.4, 0.5) is 0 Å². The topological polar surface area (TPSA) is 17.1 Å². The third-order valence-corrected chi connectivity index (χ3v) is 2.41. The van der Waals surface area contributed by atoms with Crippen LogP contribution in [-0.4, -0.2) is 6.29 Å². The number of carbonyl (C=O) groups is 1. The van der Waals surface area contributed by atoms with Crippen molar-refractivity contribution in [2.24, 2.45) is 0 Å². The van der Waals surface area contributed by atoms with Crippen LogP contribution in [0.3, 0.4) is 0 Å². The molecule has 0 fully saturated rings. The molecule has 0 amide bonds. The molecule has 0 aliphatic rings. The normalized spacial score (nSPS) is 12.3. The molecule has 0 saturated carbocycles. The first-order valence-electron chi connectivity index (χ1n) is 6.10. The number of hydrogen-bond donors (Lipinski definition) is 0. The van der Waals surface area contributed by atoms with E-state index in [2.05, 4.69) is 13.0 Å². The number of aldehydes is 1. The maximum atomic E-state index is 10.3. The standard InChI is InChI=1S/C14H24O/c1-3-4-5-6-7-8-9-10-11-12-14(2)13-15/h10-13H,3-9H2,1-2H3. The highest BCUT2D eigenvalue weighted by molar-refractivity contribution is 5.72. The van der Waals surface area contributed by atoms with E-state index < -0.39 is 0 Å². The monoisotopic (exact) mass is 208 g/mol. The smallest absolute Gasteiger partial charge is 0.145 e. The molecule has 0 aliphatic heterocycles. The van der Waals surface area contributed by atoms with Crippen LogP contribution in [0.2, 0.25) is 0 Å². The van der Waals surface area contributed by atoms with E-state index >= 15 is 0 Å². The Labute approximate surface area is 94.3 Å². The molecule has 0 aromatic rings. The SMILES string of the molecule is CCCCCCCCC=CC=C(C)C=O. The van der Waals surface area contributed by atoms with Crippen molar-refractivity contribution < 1.29 is 4.79 Å². The van der Waals surface area contributed by atoms with Crippen molar-refractivity contribution in [2.75, 3.05) is 0 Å². The van der Waals surface area contributed by atoms with Crippen molar-refractivity contribution in [3.63, 3.8) is 0 Å². The number of carbonyl (C=O) groups excluding carboxylic acids is 1. The van der Waals surface area contributed by atoms with Gasteiger partial charge >= 0.3 is 0 Å². The van der Waals surface area contributed by atoms with Gasteiger partial charge < -0.3 is 0 Å². The fourth-order valence-corrected chi connectivity index (χ4v) is 1.40. The van der Waals surface area contributed by atoms with Gasteiger partial charge in [0.2, 0.25) is 0 Å². The fourth-order valence-electron chi connectivity index (χ4n) is 1.40. The molecule has 0 aromatic carbocycles. The van der Waals surface area contributed by atoms with Crippen molar-refractivity contribution in [2.45, 2.75) is 58.8 Å². The van der Waals surface area contributed by atoms with Gasteiger partial charge in [-0.25, -0.2) is 0 Å². The van der Waals surface area contributed by atoms with Gasteiger partial charge in [0.05, 0.1) is 0 Å². The molecule has 0 radical (unpaired) electrons. The summed E-state index contributed by atoms with van der Waals surface area (Å²) < 4.78 is 0. The Morgan fingerprint density at radius 2 is 1.73 bits per heavy atom. The lowest BCUT2D eigenvalue weighted by atomic mass is 10.1. The summed E-state index contributed by atoms with van der Waals surface area (Å²) in [6.07, 6.45) is 16.0. The summed E-state index contributed by atoms with van der Waals surface area (Å²) in [6, 6.07) is 0. The Morgan fingerprint density at radius 3 is 2.40 bits per heavy atom. The molecule has 0 aliphatic carbocycles. The van der Waals surface area contributed by atoms with E-state index in [1.807, 2.05) is 19.1 Å². The summed E-state index contributed by atoms with van der Waals surface area (Å²) >= 11 is 0. The van der Waals surface area contributed by atoms with Gasteiger partial charge in [-0.2, -0.15) is 0 Å². The van der Waals surface area contributed by atoms with Gasteiger partial charge in [0.25, 0.3) is 0 Å². The molecule has 0 bridgehead atoms. The largest absolute Gasteiger partial charge is 0.298 e. The summed E-state index contributed by atoms with van der Waals surface area (Å²) in [4.78, 5) is 10.3. The lowest BCUT2D eigenvalue weighted by Crippen LogP contribution is -1.77. The molecule has 0 spiro atoms. The average molecular weight is 208 g/mol. The van der Waals surface area contributed by atoms with Crippen LogP contribution in [0.5, 0.6) is 0 Å². The molecule has 0 N–H and O–H groups in total. The second kappa shape index (κ2) is 11.2. The predicted molar refractivity (Wildman–Crippen MR) is 67.0 cm³/mol. The van der Waals surface area contributed by atoms with E-state index in [1.165, 1.54) is 38.5 Å². The van der Waals surface area contributed by atoms with Crippen molar-refractivity contribution in [1.82, 2.24) is 0 Å². The quantitative estimate of drug-likeness (QED) is 0.237. The maximum Gasteiger partial charge on any atom is 0.145 e. The second-order valence-electron chi connectivity index (χ2n) is 4.01. The minimum Gasteiger partial charge on any atom is -0.298 e. The Hall–Kier alpha value is -0.850. The first kappa shape index (κ1) is 14.2. The minimum atomic E-state index is 0.786. The summed E-state index contributed by atoms with van der Waals surface area (Å²) in [5, 5.41) is 0. The number of rotatable bonds is 9. The Morgan fingerprint density at radius 1 is 1.07 bits per heavy atom. The molecule has 0 rings (SSSR count). The highest BCUT2D eigenvalue weighted by Gasteiger charge is 1.87. The zero-order chi connectivity index (χ0) is 11.4. The summed E-state index contributed by atoms with van der Waals surface area (Å²) in [5.74, 6) is 0. The van der Waals surface area contributed by atoms with Crippen molar-refractivity contribution in [3.8, 4) is 0 Å². The molecule has 0 unspecified atom stereocenters. The van der Waals surface area contributed by atoms with Crippen molar-refractivity contribution >= 4 is 6.29 Å². The molecule has 0 aromatic heterocycles. The lowest BCUT2D eigenvalue weighted by Gasteiger charge is -1.97. The fraction of sp³-hybridized carbons (Fsp3) is 0.643. The summed E-state index contributed by atoms with van der Waals surface area (Å²) in [7, 11) is 0. The zero-order valence-corrected chi connectivity index (χ0v) is 10.2. The third kappa shape index (κ3) is 11.1. The Balaban J connectivity index is 3.27. The zero-order valence-electron chi connectivity index (χ0n) is 10.2. The van der Waals surface area contributed by atoms with Crippen LogP contribution in [-0.2, 0) is 4.79 Å². The Bertz CT molecular complexity index is 201. The average Bonchev–Trinajstić information content (AvgIpc) is 2.26. The van der Waals surface area contributed by atoms with Crippen LogP contribution in [0.15, 0.2) is 23.8 Å². The first-order chi connectivity index (χ1) is 7.31. The Kier molecular flexibility index (Phi) is 10.6. The highest BCUT2D eigenvalue weighted by Crippen LogP contribution is 2.07. The maximum absolute atomic E-state index is 10.3. The summed E-state index contributed by atoms with van der Waals surface area (Å²) in [6.45, 7) is 4.06. The number of unbranched alkanes of at least 4 members (excludes halogenated alkanes) is 6. The van der Waals surface area contributed by atoms with Gasteiger partial charge in [0.15, 0.2) is 0 Å². The first-order valence-corrected chi connectivity index (χ1v) is 6.10. The third-order valence-electron chi connectivity index (χ3n) is 2.41. The number of allylic oxidation sites excluding steroid dienone is 4. The van der Waals surface area contributed by atoms with E-state index in [0.29, 0.717) is 0 Å². The molecule has 86 valence electrons. The van der Waals surface area contributed by atoms with Crippen LogP contribution in [0.25, 0.3) is 0 Å². The van der Waals surface area contributed by atoms with E-state index in [1.54, 1.807) is 0 Å². The molecule has 0 heterocycles. The highest BCUT2D eigenvalue weighted by atomic mass is 16.1. The van der Waals surface area contributed by atoms with Crippen LogP contribution in [0.1, 0.15) is 58.8 Å². The van der Waals surface area contributed by atoms with Gasteiger partial charge in [-0.05, 0) is 25.3 Å². The van der Waals surface area contributed by atoms with E-state index in [0.717, 1.165) is 18.3 Å². The van der Waals surface area contributed by atoms with Gasteiger partial charge in [-0.3, -0.25) is 4.79 Å². The molecular formula is C14H24O. The van der Waals surface area contributed by atoms with E-state index in [4.69, 9.17) is 0 Å². The van der Waals surface area contributed by atoms with E-state index in [-0.39, 0.29) is 0 Å². The minimum absolute atomic E-state index is 0.786. The molecule has 15 heavy (non-hydrogen) atoms. The van der Waals surface area contributed by atoms with Crippen LogP contribution in [0, 0.1) is 0 Å². The van der Waals surface area contributed by atoms with Gasteiger partial charge in [-0.15, -0.1) is 0 Å². The molecule has 0 atom stereocenters. The lowest BCUT2D eigenvalue weighted by molar-refractivity contribution is -0.104. The summed E-state index contributed by atoms with van der Waals surface area (Å²) in [5.41, 5.74) is 0.786. The number of hydrogen-bond acceptors (Lipinski definition) is 1. The predicted octanol–water partition coefficient (Wildman–Crippen LogP) is 4.44. The van der Waals surface area contributed by atoms with Gasteiger partial charge in [0, 0.05) is 0 Å².